The summed E-state index contributed by atoms with van der Waals surface area (Å²) in [7, 11) is 0. The van der Waals surface area contributed by atoms with Crippen LogP contribution in [-0.4, -0.2) is 10.8 Å². The first kappa shape index (κ1) is 14.6. The van der Waals surface area contributed by atoms with Crippen molar-refractivity contribution in [3.05, 3.63) is 108 Å². The number of rotatable bonds is 3. The van der Waals surface area contributed by atoms with Gasteiger partial charge in [0.25, 0.3) is 0 Å². The van der Waals surface area contributed by atoms with Crippen molar-refractivity contribution in [2.45, 2.75) is 18.3 Å². The molecule has 122 valence electrons. The van der Waals surface area contributed by atoms with Crippen LogP contribution in [0.3, 0.4) is 0 Å². The second kappa shape index (κ2) is 5.12. The Balaban J connectivity index is 1.73. The van der Waals surface area contributed by atoms with Gasteiger partial charge in [0.05, 0.1) is 5.71 Å². The van der Waals surface area contributed by atoms with Gasteiger partial charge in [-0.15, -0.1) is 5.06 Å². The molecule has 3 heteroatoms. The molecule has 0 amide bonds. The molecule has 25 heavy (non-hydrogen) atoms. The van der Waals surface area contributed by atoms with Crippen molar-refractivity contribution in [1.82, 2.24) is 5.06 Å². The van der Waals surface area contributed by atoms with Crippen molar-refractivity contribution >= 4 is 5.71 Å². The third-order valence-electron chi connectivity index (χ3n) is 5.11. The van der Waals surface area contributed by atoms with E-state index in [2.05, 4.69) is 67.6 Å². The van der Waals surface area contributed by atoms with Gasteiger partial charge in [-0.1, -0.05) is 91.0 Å². The first-order valence-corrected chi connectivity index (χ1v) is 8.51. The van der Waals surface area contributed by atoms with E-state index in [4.69, 9.17) is 9.83 Å². The van der Waals surface area contributed by atoms with Crippen molar-refractivity contribution in [1.29, 1.82) is 0 Å². The maximum atomic E-state index is 6.27. The summed E-state index contributed by atoms with van der Waals surface area (Å²) in [6, 6.07) is 31.1. The molecule has 3 nitrogen and oxygen atoms in total. The summed E-state index contributed by atoms with van der Waals surface area (Å²) in [6.07, 6.45) is 0. The first-order chi connectivity index (χ1) is 12.3. The van der Waals surface area contributed by atoms with E-state index >= 15 is 0 Å². The summed E-state index contributed by atoms with van der Waals surface area (Å²) in [5, 5.41) is 2.04. The molecule has 2 unspecified atom stereocenters. The molecule has 3 aromatic carbocycles. The highest BCUT2D eigenvalue weighted by Crippen LogP contribution is 2.61. The highest BCUT2D eigenvalue weighted by Gasteiger charge is 2.73. The van der Waals surface area contributed by atoms with Crippen LogP contribution in [-0.2, 0) is 16.2 Å². The van der Waals surface area contributed by atoms with Crippen molar-refractivity contribution in [2.24, 2.45) is 4.99 Å². The Morgan fingerprint density at radius 1 is 0.680 bits per heavy atom. The van der Waals surface area contributed by atoms with E-state index in [1.54, 1.807) is 0 Å². The van der Waals surface area contributed by atoms with Crippen molar-refractivity contribution in [3.63, 3.8) is 0 Å². The van der Waals surface area contributed by atoms with Gasteiger partial charge < -0.3 is 0 Å². The van der Waals surface area contributed by atoms with E-state index in [0.29, 0.717) is 0 Å². The van der Waals surface area contributed by atoms with E-state index in [-0.39, 0.29) is 0 Å². The smallest absolute Gasteiger partial charge is 0.231 e. The van der Waals surface area contributed by atoms with Gasteiger partial charge in [-0.25, -0.2) is 0 Å². The molecule has 1 fully saturated rings. The number of hydrogen-bond donors (Lipinski definition) is 0. The van der Waals surface area contributed by atoms with Crippen LogP contribution >= 0.6 is 0 Å². The van der Waals surface area contributed by atoms with Gasteiger partial charge in [-0.05, 0) is 6.92 Å². The fourth-order valence-corrected chi connectivity index (χ4v) is 3.90. The van der Waals surface area contributed by atoms with Crippen LogP contribution in [0, 0.1) is 0 Å². The fraction of sp³-hybridized carbons (Fsp3) is 0.136. The second-order valence-corrected chi connectivity index (χ2v) is 6.50. The highest BCUT2D eigenvalue weighted by atomic mass is 16.9. The van der Waals surface area contributed by atoms with Gasteiger partial charge >= 0.3 is 0 Å². The predicted octanol–water partition coefficient (Wildman–Crippen LogP) is 4.46. The third kappa shape index (κ3) is 1.85. The van der Waals surface area contributed by atoms with Gasteiger partial charge in [0.1, 0.15) is 0 Å². The molecule has 0 aromatic heterocycles. The maximum Gasteiger partial charge on any atom is 0.231 e. The number of nitrogens with zero attached hydrogens (tertiary/aromatic N) is 2. The summed E-state index contributed by atoms with van der Waals surface area (Å²) in [5.41, 5.74) is 3.10. The molecule has 0 bridgehead atoms. The molecule has 0 saturated carbocycles. The van der Waals surface area contributed by atoms with Crippen molar-refractivity contribution in [3.8, 4) is 0 Å². The van der Waals surface area contributed by atoms with Crippen molar-refractivity contribution in [2.75, 3.05) is 0 Å². The molecular weight excluding hydrogens is 308 g/mol. The number of hydrogen-bond acceptors (Lipinski definition) is 3. The fourth-order valence-electron chi connectivity index (χ4n) is 3.90. The topological polar surface area (TPSA) is 27.9 Å². The number of fused-ring (bicyclic) bond motifs is 1. The standard InChI is InChI=1S/C22H18N2O/c1-17-22(20-15-9-4-10-16-20)24(25-22)21(23-17,18-11-5-2-6-12-18)19-13-7-3-8-14-19/h2-16H,1H3. The molecule has 2 atom stereocenters. The molecule has 2 heterocycles. The minimum atomic E-state index is -0.650. The summed E-state index contributed by atoms with van der Waals surface area (Å²) in [6.45, 7) is 2.06. The average molecular weight is 326 g/mol. The Morgan fingerprint density at radius 2 is 1.12 bits per heavy atom. The van der Waals surface area contributed by atoms with Crippen LogP contribution in [0.5, 0.6) is 0 Å². The lowest BCUT2D eigenvalue weighted by Crippen LogP contribution is -2.33. The Labute approximate surface area is 147 Å². The largest absolute Gasteiger partial charge is 0.256 e. The van der Waals surface area contributed by atoms with Gasteiger partial charge in [0, 0.05) is 16.7 Å². The Bertz CT molecular complexity index is 898. The van der Waals surface area contributed by atoms with Gasteiger partial charge in [0.15, 0.2) is 5.66 Å². The lowest BCUT2D eigenvalue weighted by molar-refractivity contribution is 0.0935. The van der Waals surface area contributed by atoms with Gasteiger partial charge in [0.2, 0.25) is 5.72 Å². The minimum absolute atomic E-state index is 0.563. The van der Waals surface area contributed by atoms with Crippen LogP contribution in [0.15, 0.2) is 96.0 Å². The lowest BCUT2D eigenvalue weighted by Gasteiger charge is -2.28. The molecule has 0 radical (unpaired) electrons. The van der Waals surface area contributed by atoms with Gasteiger partial charge in [-0.3, -0.25) is 9.83 Å². The number of hydroxylamine groups is 2. The molecule has 0 N–H and O–H groups in total. The predicted molar refractivity (Wildman–Crippen MR) is 97.8 cm³/mol. The molecule has 5 rings (SSSR count). The number of benzene rings is 3. The monoisotopic (exact) mass is 326 g/mol. The molecule has 0 spiro atoms. The second-order valence-electron chi connectivity index (χ2n) is 6.50. The van der Waals surface area contributed by atoms with E-state index in [1.165, 1.54) is 0 Å². The summed E-state index contributed by atoms with van der Waals surface area (Å²) < 4.78 is 0. The molecular formula is C22H18N2O. The molecule has 3 aromatic rings. The van der Waals surface area contributed by atoms with Crippen LogP contribution in [0.4, 0.5) is 0 Å². The quantitative estimate of drug-likeness (QED) is 0.665. The van der Waals surface area contributed by atoms with Crippen LogP contribution in [0.25, 0.3) is 0 Å². The molecule has 2 aliphatic rings. The molecule has 0 aliphatic carbocycles. The van der Waals surface area contributed by atoms with E-state index in [0.717, 1.165) is 22.4 Å². The molecule has 2 aliphatic heterocycles. The van der Waals surface area contributed by atoms with Crippen LogP contribution < -0.4 is 0 Å². The Morgan fingerprint density at radius 3 is 1.56 bits per heavy atom. The van der Waals surface area contributed by atoms with Crippen molar-refractivity contribution < 1.29 is 4.84 Å². The van der Waals surface area contributed by atoms with E-state index in [9.17, 15) is 0 Å². The molecule has 1 saturated heterocycles. The maximum absolute atomic E-state index is 6.27. The van der Waals surface area contributed by atoms with Gasteiger partial charge in [-0.2, -0.15) is 0 Å². The Kier molecular flexibility index (Phi) is 2.99. The SMILES string of the molecule is CC1=NC(c2ccccc2)(c2ccccc2)N2OC12c1ccccc1. The zero-order chi connectivity index (χ0) is 16.9. The van der Waals surface area contributed by atoms with E-state index < -0.39 is 11.4 Å². The summed E-state index contributed by atoms with van der Waals surface area (Å²) in [4.78, 5) is 11.4. The van der Waals surface area contributed by atoms with Crippen LogP contribution in [0.2, 0.25) is 0 Å². The Hall–Kier alpha value is -2.75. The number of aliphatic imine (C=N–C) groups is 1. The zero-order valence-corrected chi connectivity index (χ0v) is 14.0. The lowest BCUT2D eigenvalue weighted by atomic mass is 9.91. The first-order valence-electron chi connectivity index (χ1n) is 8.51. The zero-order valence-electron chi connectivity index (χ0n) is 14.0. The third-order valence-corrected chi connectivity index (χ3v) is 5.11. The highest BCUT2D eigenvalue weighted by molar-refractivity contribution is 5.95. The average Bonchev–Trinajstić information content (AvgIpc) is 3.40. The van der Waals surface area contributed by atoms with Crippen LogP contribution in [0.1, 0.15) is 23.6 Å². The van der Waals surface area contributed by atoms with E-state index in [1.807, 2.05) is 35.4 Å². The minimum Gasteiger partial charge on any atom is -0.256 e. The summed E-state index contributed by atoms with van der Waals surface area (Å²) in [5.74, 6) is 0. The normalized spacial score (nSPS) is 26.0. The summed E-state index contributed by atoms with van der Waals surface area (Å²) >= 11 is 0.